The summed E-state index contributed by atoms with van der Waals surface area (Å²) in [5.74, 6) is -1.71. The number of halogens is 1. The minimum absolute atomic E-state index is 0.0276. The fraction of sp³-hybridized carbons (Fsp3) is 0.235. The summed E-state index contributed by atoms with van der Waals surface area (Å²) >= 11 is 0. The van der Waals surface area contributed by atoms with Crippen molar-refractivity contribution in [1.29, 1.82) is 0 Å². The molecule has 7 heteroatoms. The van der Waals surface area contributed by atoms with Crippen LogP contribution in [-0.4, -0.2) is 36.9 Å². The van der Waals surface area contributed by atoms with Crippen molar-refractivity contribution in [3.8, 4) is 11.1 Å². The minimum Gasteiger partial charge on any atom is -0.478 e. The van der Waals surface area contributed by atoms with Gasteiger partial charge in [-0.15, -0.1) is 0 Å². The lowest BCUT2D eigenvalue weighted by molar-refractivity contribution is 0.0697. The molecule has 3 rings (SSSR count). The van der Waals surface area contributed by atoms with Gasteiger partial charge in [0.05, 0.1) is 10.5 Å². The van der Waals surface area contributed by atoms with Gasteiger partial charge < -0.3 is 5.11 Å². The summed E-state index contributed by atoms with van der Waals surface area (Å²) in [6.07, 6.45) is 1.70. The number of aromatic carboxylic acids is 1. The number of benzene rings is 2. The second-order valence-corrected chi connectivity index (χ2v) is 7.57. The third-order valence-corrected chi connectivity index (χ3v) is 5.99. The lowest BCUT2D eigenvalue weighted by Crippen LogP contribution is -2.27. The van der Waals surface area contributed by atoms with Crippen LogP contribution in [0.5, 0.6) is 0 Å². The first kappa shape index (κ1) is 16.6. The van der Waals surface area contributed by atoms with E-state index in [0.717, 1.165) is 18.9 Å². The molecule has 0 amide bonds. The predicted molar refractivity (Wildman–Crippen MR) is 86.8 cm³/mol. The van der Waals surface area contributed by atoms with Gasteiger partial charge in [0.1, 0.15) is 5.82 Å². The molecule has 2 aromatic carbocycles. The van der Waals surface area contributed by atoms with Crippen LogP contribution in [0, 0.1) is 5.82 Å². The predicted octanol–water partition coefficient (Wildman–Crippen LogP) is 2.98. The Kier molecular flexibility index (Phi) is 4.38. The molecular weight excluding hydrogens is 333 g/mol. The molecule has 0 unspecified atom stereocenters. The van der Waals surface area contributed by atoms with Crippen LogP contribution in [0.1, 0.15) is 23.2 Å². The van der Waals surface area contributed by atoms with E-state index in [4.69, 9.17) is 5.11 Å². The summed E-state index contributed by atoms with van der Waals surface area (Å²) in [7, 11) is -3.52. The summed E-state index contributed by atoms with van der Waals surface area (Å²) in [6.45, 7) is 1.03. The maximum Gasteiger partial charge on any atom is 0.335 e. The first-order valence-electron chi connectivity index (χ1n) is 7.53. The van der Waals surface area contributed by atoms with E-state index in [1.807, 2.05) is 0 Å². The van der Waals surface area contributed by atoms with Gasteiger partial charge in [0.25, 0.3) is 0 Å². The number of nitrogens with zero attached hydrogens (tertiary/aromatic N) is 1. The maximum absolute atomic E-state index is 14.0. The molecule has 126 valence electrons. The highest BCUT2D eigenvalue weighted by atomic mass is 32.2. The molecule has 1 saturated heterocycles. The fourth-order valence-electron chi connectivity index (χ4n) is 2.76. The molecule has 2 aromatic rings. The molecule has 5 nitrogen and oxygen atoms in total. The van der Waals surface area contributed by atoms with Crippen molar-refractivity contribution in [2.24, 2.45) is 0 Å². The van der Waals surface area contributed by atoms with Gasteiger partial charge in [0, 0.05) is 18.7 Å². The van der Waals surface area contributed by atoms with Gasteiger partial charge in [-0.2, -0.15) is 4.31 Å². The Morgan fingerprint density at radius 1 is 1.04 bits per heavy atom. The van der Waals surface area contributed by atoms with Crippen LogP contribution >= 0.6 is 0 Å². The van der Waals surface area contributed by atoms with E-state index >= 15 is 0 Å². The lowest BCUT2D eigenvalue weighted by Gasteiger charge is -2.15. The van der Waals surface area contributed by atoms with Gasteiger partial charge in [-0.3, -0.25) is 0 Å². The van der Waals surface area contributed by atoms with E-state index in [1.54, 1.807) is 0 Å². The van der Waals surface area contributed by atoms with Crippen molar-refractivity contribution >= 4 is 16.0 Å². The van der Waals surface area contributed by atoms with Crippen molar-refractivity contribution in [3.63, 3.8) is 0 Å². The van der Waals surface area contributed by atoms with Crippen molar-refractivity contribution < 1.29 is 22.7 Å². The zero-order valence-electron chi connectivity index (χ0n) is 12.8. The average molecular weight is 349 g/mol. The molecule has 0 saturated carbocycles. The second-order valence-electron chi connectivity index (χ2n) is 5.64. The topological polar surface area (TPSA) is 74.7 Å². The molecular formula is C17H16FNO4S. The number of hydrogen-bond acceptors (Lipinski definition) is 3. The summed E-state index contributed by atoms with van der Waals surface area (Å²) in [5.41, 5.74) is 0.524. The molecule has 0 spiro atoms. The Balaban J connectivity index is 1.95. The Labute approximate surface area is 139 Å². The summed E-state index contributed by atoms with van der Waals surface area (Å²) in [5, 5.41) is 9.01. The first-order chi connectivity index (χ1) is 11.4. The lowest BCUT2D eigenvalue weighted by atomic mass is 10.0. The summed E-state index contributed by atoms with van der Waals surface area (Å²) in [6, 6.07) is 9.36. The SMILES string of the molecule is O=C(O)c1ccc(F)c(-c2ccc(S(=O)(=O)N3CCCC3)cc2)c1. The Hall–Kier alpha value is -2.25. The van der Waals surface area contributed by atoms with E-state index in [1.165, 1.54) is 40.7 Å². The highest BCUT2D eigenvalue weighted by molar-refractivity contribution is 7.89. The molecule has 0 radical (unpaired) electrons. The molecule has 0 atom stereocenters. The summed E-state index contributed by atoms with van der Waals surface area (Å²) < 4.78 is 40.4. The van der Waals surface area contributed by atoms with Crippen LogP contribution in [-0.2, 0) is 10.0 Å². The normalized spacial score (nSPS) is 15.5. The molecule has 1 N–H and O–H groups in total. The second kappa shape index (κ2) is 6.33. The highest BCUT2D eigenvalue weighted by Crippen LogP contribution is 2.27. The Bertz CT molecular complexity index is 872. The van der Waals surface area contributed by atoms with E-state index in [9.17, 15) is 17.6 Å². The Morgan fingerprint density at radius 2 is 1.67 bits per heavy atom. The molecule has 1 heterocycles. The van der Waals surface area contributed by atoms with Crippen molar-refractivity contribution in [1.82, 2.24) is 4.31 Å². The summed E-state index contributed by atoms with van der Waals surface area (Å²) in [4.78, 5) is 11.2. The van der Waals surface area contributed by atoms with Gasteiger partial charge in [0.2, 0.25) is 10.0 Å². The number of rotatable bonds is 4. The van der Waals surface area contributed by atoms with Crippen molar-refractivity contribution in [2.45, 2.75) is 17.7 Å². The van der Waals surface area contributed by atoms with E-state index in [0.29, 0.717) is 18.7 Å². The third-order valence-electron chi connectivity index (χ3n) is 4.08. The van der Waals surface area contributed by atoms with Gasteiger partial charge in [-0.05, 0) is 48.7 Å². The van der Waals surface area contributed by atoms with Gasteiger partial charge in [-0.1, -0.05) is 12.1 Å². The number of sulfonamides is 1. The van der Waals surface area contributed by atoms with Gasteiger partial charge in [0.15, 0.2) is 0 Å². The van der Waals surface area contributed by atoms with Crippen LogP contribution in [0.4, 0.5) is 4.39 Å². The van der Waals surface area contributed by atoms with Crippen LogP contribution in [0.3, 0.4) is 0 Å². The van der Waals surface area contributed by atoms with E-state index in [2.05, 4.69) is 0 Å². The quantitative estimate of drug-likeness (QED) is 0.921. The van der Waals surface area contributed by atoms with Gasteiger partial charge >= 0.3 is 5.97 Å². The number of carboxylic acid groups (broad SMARTS) is 1. The standard InChI is InChI=1S/C17H16FNO4S/c18-16-8-5-13(17(20)21)11-15(16)12-3-6-14(7-4-12)24(22,23)19-9-1-2-10-19/h3-8,11H,1-2,9-10H2,(H,20,21). The Morgan fingerprint density at radius 3 is 2.25 bits per heavy atom. The van der Waals surface area contributed by atoms with Crippen LogP contribution in [0.15, 0.2) is 47.4 Å². The molecule has 0 aromatic heterocycles. The fourth-order valence-corrected chi connectivity index (χ4v) is 4.28. The number of carbonyl (C=O) groups is 1. The van der Waals surface area contributed by atoms with E-state index < -0.39 is 21.8 Å². The van der Waals surface area contributed by atoms with Crippen molar-refractivity contribution in [3.05, 3.63) is 53.8 Å². The monoisotopic (exact) mass is 349 g/mol. The van der Waals surface area contributed by atoms with E-state index in [-0.39, 0.29) is 16.0 Å². The third kappa shape index (κ3) is 3.05. The van der Waals surface area contributed by atoms with Gasteiger partial charge in [-0.25, -0.2) is 17.6 Å². The largest absolute Gasteiger partial charge is 0.478 e. The smallest absolute Gasteiger partial charge is 0.335 e. The van der Waals surface area contributed by atoms with Crippen LogP contribution in [0.25, 0.3) is 11.1 Å². The average Bonchev–Trinajstić information content (AvgIpc) is 3.10. The van der Waals surface area contributed by atoms with Crippen LogP contribution < -0.4 is 0 Å². The zero-order valence-corrected chi connectivity index (χ0v) is 13.6. The maximum atomic E-state index is 14.0. The molecule has 1 aliphatic rings. The molecule has 1 aliphatic heterocycles. The zero-order chi connectivity index (χ0) is 17.3. The molecule has 24 heavy (non-hydrogen) atoms. The first-order valence-corrected chi connectivity index (χ1v) is 8.97. The van der Waals surface area contributed by atoms with Crippen LogP contribution in [0.2, 0.25) is 0 Å². The minimum atomic E-state index is -3.52. The highest BCUT2D eigenvalue weighted by Gasteiger charge is 2.27. The number of hydrogen-bond donors (Lipinski definition) is 1. The molecule has 1 fully saturated rings. The molecule has 0 bridgehead atoms. The number of carboxylic acids is 1. The van der Waals surface area contributed by atoms with Crippen molar-refractivity contribution in [2.75, 3.05) is 13.1 Å². The molecule has 0 aliphatic carbocycles.